The predicted octanol–water partition coefficient (Wildman–Crippen LogP) is 3.45. The molecule has 19 heavy (non-hydrogen) atoms. The summed E-state index contributed by atoms with van der Waals surface area (Å²) < 4.78 is 1.05. The third kappa shape index (κ3) is 2.02. The molecule has 0 amide bonds. The van der Waals surface area contributed by atoms with Crippen molar-refractivity contribution < 1.29 is 4.92 Å². The smallest absolute Gasteiger partial charge is 0.275 e. The molecule has 2 heterocycles. The van der Waals surface area contributed by atoms with E-state index in [1.165, 1.54) is 12.1 Å². The highest BCUT2D eigenvalue weighted by Gasteiger charge is 2.13. The van der Waals surface area contributed by atoms with Crippen molar-refractivity contribution in [2.75, 3.05) is 5.73 Å². The van der Waals surface area contributed by atoms with E-state index >= 15 is 0 Å². The van der Waals surface area contributed by atoms with Crippen LogP contribution in [0.3, 0.4) is 0 Å². The number of thiophene rings is 1. The fraction of sp³-hybridized carbons (Fsp3) is 0. The van der Waals surface area contributed by atoms with E-state index < -0.39 is 4.92 Å². The van der Waals surface area contributed by atoms with Gasteiger partial charge >= 0.3 is 0 Å². The number of fused-ring (bicyclic) bond motifs is 1. The molecule has 3 rings (SSSR count). The van der Waals surface area contributed by atoms with Crippen LogP contribution in [0.1, 0.15) is 0 Å². The van der Waals surface area contributed by atoms with Gasteiger partial charge in [-0.05, 0) is 16.8 Å². The normalized spacial score (nSPS) is 10.7. The molecule has 0 bridgehead atoms. The van der Waals surface area contributed by atoms with E-state index in [1.807, 2.05) is 29.6 Å². The number of hydrogen-bond acceptors (Lipinski definition) is 5. The summed E-state index contributed by atoms with van der Waals surface area (Å²) in [5.41, 5.74) is 6.99. The van der Waals surface area contributed by atoms with Gasteiger partial charge in [-0.3, -0.25) is 10.1 Å². The van der Waals surface area contributed by atoms with E-state index in [4.69, 9.17) is 5.73 Å². The van der Waals surface area contributed by atoms with Gasteiger partial charge in [-0.1, -0.05) is 18.2 Å². The number of nitrogen functional groups attached to an aromatic ring is 1. The maximum atomic E-state index is 10.9. The number of benzene rings is 1. The quantitative estimate of drug-likeness (QED) is 0.571. The summed E-state index contributed by atoms with van der Waals surface area (Å²) in [5, 5.41) is 13.9. The van der Waals surface area contributed by atoms with E-state index in [0.717, 1.165) is 15.6 Å². The molecule has 0 atom stereocenters. The molecule has 5 nitrogen and oxygen atoms in total. The topological polar surface area (TPSA) is 82.0 Å². The lowest BCUT2D eigenvalue weighted by Crippen LogP contribution is -1.96. The van der Waals surface area contributed by atoms with Gasteiger partial charge in [0, 0.05) is 16.3 Å². The number of nitro groups is 1. The molecule has 0 fully saturated rings. The minimum Gasteiger partial charge on any atom is -0.383 e. The lowest BCUT2D eigenvalue weighted by Gasteiger charge is -2.04. The zero-order valence-corrected chi connectivity index (χ0v) is 10.6. The number of pyridine rings is 1. The molecule has 6 heteroatoms. The molecule has 0 aliphatic rings. The highest BCUT2D eigenvalue weighted by molar-refractivity contribution is 7.17. The van der Waals surface area contributed by atoms with Gasteiger partial charge in [0.05, 0.1) is 16.7 Å². The Hall–Kier alpha value is -2.47. The Labute approximate surface area is 112 Å². The van der Waals surface area contributed by atoms with Crippen LogP contribution in [0.25, 0.3) is 21.3 Å². The number of nitrogens with zero attached hydrogens (tertiary/aromatic N) is 2. The molecule has 0 radical (unpaired) electrons. The fourth-order valence-corrected chi connectivity index (χ4v) is 2.90. The number of aromatic nitrogens is 1. The van der Waals surface area contributed by atoms with Gasteiger partial charge in [-0.25, -0.2) is 4.98 Å². The summed E-state index contributed by atoms with van der Waals surface area (Å²) in [7, 11) is 0. The van der Waals surface area contributed by atoms with Crippen LogP contribution < -0.4 is 5.73 Å². The van der Waals surface area contributed by atoms with Crippen molar-refractivity contribution in [1.82, 2.24) is 4.98 Å². The Balaban J connectivity index is 2.26. The number of nitrogens with two attached hydrogens (primary N) is 1. The lowest BCUT2D eigenvalue weighted by atomic mass is 10.1. The van der Waals surface area contributed by atoms with E-state index in [0.29, 0.717) is 5.69 Å². The SMILES string of the molecule is Nc1cc([N+](=O)[O-])cc(-c2cccc3ccsc23)n1. The van der Waals surface area contributed by atoms with Crippen molar-refractivity contribution in [3.63, 3.8) is 0 Å². The van der Waals surface area contributed by atoms with Crippen molar-refractivity contribution >= 4 is 32.9 Å². The molecule has 0 aliphatic carbocycles. The third-order valence-electron chi connectivity index (χ3n) is 2.80. The third-order valence-corrected chi connectivity index (χ3v) is 3.76. The van der Waals surface area contributed by atoms with E-state index in [9.17, 15) is 10.1 Å². The van der Waals surface area contributed by atoms with Gasteiger partial charge in [0.25, 0.3) is 5.69 Å². The van der Waals surface area contributed by atoms with Crippen LogP contribution in [0.4, 0.5) is 11.5 Å². The van der Waals surface area contributed by atoms with Crippen molar-refractivity contribution in [3.05, 3.63) is 51.9 Å². The first kappa shape index (κ1) is 11.6. The summed E-state index contributed by atoms with van der Waals surface area (Å²) in [6, 6.07) is 10.5. The van der Waals surface area contributed by atoms with Gasteiger partial charge < -0.3 is 5.73 Å². The zero-order chi connectivity index (χ0) is 13.4. The summed E-state index contributed by atoms with van der Waals surface area (Å²) in [6.45, 7) is 0. The van der Waals surface area contributed by atoms with Gasteiger partial charge in [-0.2, -0.15) is 0 Å². The second-order valence-corrected chi connectivity index (χ2v) is 4.95. The van der Waals surface area contributed by atoms with Crippen LogP contribution in [0.15, 0.2) is 41.8 Å². The maximum absolute atomic E-state index is 10.9. The minimum atomic E-state index is -0.462. The van der Waals surface area contributed by atoms with Crippen molar-refractivity contribution in [3.8, 4) is 11.3 Å². The predicted molar refractivity (Wildman–Crippen MR) is 76.1 cm³/mol. The van der Waals surface area contributed by atoms with E-state index in [-0.39, 0.29) is 11.5 Å². The molecule has 0 aliphatic heterocycles. The fourth-order valence-electron chi connectivity index (χ4n) is 1.97. The lowest BCUT2D eigenvalue weighted by molar-refractivity contribution is -0.384. The van der Waals surface area contributed by atoms with Crippen LogP contribution in [-0.2, 0) is 0 Å². The van der Waals surface area contributed by atoms with Crippen LogP contribution in [-0.4, -0.2) is 9.91 Å². The van der Waals surface area contributed by atoms with Gasteiger partial charge in [0.2, 0.25) is 0 Å². The second kappa shape index (κ2) is 4.33. The summed E-state index contributed by atoms with van der Waals surface area (Å²) in [6.07, 6.45) is 0. The highest BCUT2D eigenvalue weighted by atomic mass is 32.1. The standard InChI is InChI=1S/C13H9N3O2S/c14-12-7-9(16(17)18)6-11(15-12)10-3-1-2-8-4-5-19-13(8)10/h1-7H,(H2,14,15). The summed E-state index contributed by atoms with van der Waals surface area (Å²) >= 11 is 1.58. The molecule has 2 aromatic heterocycles. The first-order chi connectivity index (χ1) is 9.15. The molecule has 2 N–H and O–H groups in total. The van der Waals surface area contributed by atoms with Gasteiger partial charge in [-0.15, -0.1) is 11.3 Å². The molecule has 0 spiro atoms. The largest absolute Gasteiger partial charge is 0.383 e. The Morgan fingerprint density at radius 1 is 1.26 bits per heavy atom. The molecule has 94 valence electrons. The Morgan fingerprint density at radius 2 is 2.11 bits per heavy atom. The molecular formula is C13H9N3O2S. The van der Waals surface area contributed by atoms with Gasteiger partial charge in [0.1, 0.15) is 5.82 Å². The first-order valence-corrected chi connectivity index (χ1v) is 6.41. The van der Waals surface area contributed by atoms with Crippen molar-refractivity contribution in [1.29, 1.82) is 0 Å². The molecular weight excluding hydrogens is 262 g/mol. The van der Waals surface area contributed by atoms with Crippen LogP contribution >= 0.6 is 11.3 Å². The average Bonchev–Trinajstić information content (AvgIpc) is 2.85. The second-order valence-electron chi connectivity index (χ2n) is 4.04. The van der Waals surface area contributed by atoms with Crippen molar-refractivity contribution in [2.45, 2.75) is 0 Å². The first-order valence-electron chi connectivity index (χ1n) is 5.54. The molecule has 0 saturated carbocycles. The van der Waals surface area contributed by atoms with Gasteiger partial charge in [0.15, 0.2) is 0 Å². The molecule has 0 saturated heterocycles. The molecule has 0 unspecified atom stereocenters. The number of hydrogen-bond donors (Lipinski definition) is 1. The summed E-state index contributed by atoms with van der Waals surface area (Å²) in [4.78, 5) is 14.6. The summed E-state index contributed by atoms with van der Waals surface area (Å²) in [5.74, 6) is 0.151. The zero-order valence-electron chi connectivity index (χ0n) is 9.74. The van der Waals surface area contributed by atoms with E-state index in [1.54, 1.807) is 11.3 Å². The molecule has 1 aromatic carbocycles. The minimum absolute atomic E-state index is 0.0453. The van der Waals surface area contributed by atoms with Crippen LogP contribution in [0.2, 0.25) is 0 Å². The highest BCUT2D eigenvalue weighted by Crippen LogP contribution is 2.33. The Morgan fingerprint density at radius 3 is 2.89 bits per heavy atom. The van der Waals surface area contributed by atoms with Crippen LogP contribution in [0, 0.1) is 10.1 Å². The molecule has 3 aromatic rings. The van der Waals surface area contributed by atoms with E-state index in [2.05, 4.69) is 4.98 Å². The Bertz CT molecular complexity index is 782. The Kier molecular flexibility index (Phi) is 2.64. The maximum Gasteiger partial charge on any atom is 0.275 e. The van der Waals surface area contributed by atoms with Crippen molar-refractivity contribution in [2.24, 2.45) is 0 Å². The number of rotatable bonds is 2. The monoisotopic (exact) mass is 271 g/mol. The van der Waals surface area contributed by atoms with Crippen LogP contribution in [0.5, 0.6) is 0 Å². The number of anilines is 1. The average molecular weight is 271 g/mol.